The predicted octanol–water partition coefficient (Wildman–Crippen LogP) is 2.96. The summed E-state index contributed by atoms with van der Waals surface area (Å²) >= 11 is 0. The first-order valence-electron chi connectivity index (χ1n) is 6.83. The first kappa shape index (κ1) is 13.7. The van der Waals surface area contributed by atoms with Crippen molar-refractivity contribution in [3.63, 3.8) is 0 Å². The molecular formula is C15H15F2N3O. The first-order valence-corrected chi connectivity index (χ1v) is 6.83. The molecule has 1 aliphatic heterocycles. The highest BCUT2D eigenvalue weighted by atomic mass is 19.1. The number of aryl methyl sites for hydroxylation is 1. The fourth-order valence-electron chi connectivity index (χ4n) is 2.90. The Hall–Kier alpha value is -2.24. The van der Waals surface area contributed by atoms with Crippen LogP contribution in [0, 0.1) is 18.6 Å². The molecule has 1 atom stereocenters. The average molecular weight is 291 g/mol. The molecular weight excluding hydrogens is 276 g/mol. The van der Waals surface area contributed by atoms with Crippen LogP contribution in [0.3, 0.4) is 0 Å². The van der Waals surface area contributed by atoms with Gasteiger partial charge >= 0.3 is 0 Å². The molecule has 0 radical (unpaired) electrons. The molecule has 6 heteroatoms. The van der Waals surface area contributed by atoms with E-state index >= 15 is 0 Å². The number of benzene rings is 1. The van der Waals surface area contributed by atoms with Crippen molar-refractivity contribution in [3.8, 4) is 0 Å². The highest BCUT2D eigenvalue weighted by Gasteiger charge is 2.33. The Morgan fingerprint density at radius 2 is 2.19 bits per heavy atom. The van der Waals surface area contributed by atoms with Gasteiger partial charge in [-0.25, -0.2) is 8.78 Å². The van der Waals surface area contributed by atoms with Gasteiger partial charge in [-0.3, -0.25) is 9.48 Å². The molecule has 2 heterocycles. The molecule has 4 nitrogen and oxygen atoms in total. The third-order valence-electron chi connectivity index (χ3n) is 3.89. The minimum Gasteiger partial charge on any atom is -0.309 e. The van der Waals surface area contributed by atoms with E-state index in [1.807, 2.05) is 13.8 Å². The number of aromatic nitrogens is 2. The lowest BCUT2D eigenvalue weighted by Gasteiger charge is -2.23. The molecule has 0 fully saturated rings. The lowest BCUT2D eigenvalue weighted by Crippen LogP contribution is -2.24. The number of amides is 1. The molecule has 1 aromatic heterocycles. The zero-order valence-corrected chi connectivity index (χ0v) is 11.8. The second-order valence-corrected chi connectivity index (χ2v) is 5.13. The van der Waals surface area contributed by atoms with Crippen molar-refractivity contribution in [2.24, 2.45) is 0 Å². The molecule has 0 bridgehead atoms. The van der Waals surface area contributed by atoms with Crippen LogP contribution in [0.25, 0.3) is 0 Å². The number of anilines is 1. The fourth-order valence-corrected chi connectivity index (χ4v) is 2.90. The maximum Gasteiger partial charge on any atom is 0.226 e. The van der Waals surface area contributed by atoms with Crippen LogP contribution in [0.2, 0.25) is 0 Å². The van der Waals surface area contributed by atoms with E-state index in [0.717, 1.165) is 17.3 Å². The minimum atomic E-state index is -0.635. The molecule has 110 valence electrons. The molecule has 0 saturated heterocycles. The van der Waals surface area contributed by atoms with Gasteiger partial charge in [-0.05, 0) is 25.5 Å². The Morgan fingerprint density at radius 3 is 2.86 bits per heavy atom. The Morgan fingerprint density at radius 1 is 1.43 bits per heavy atom. The number of hydrogen-bond acceptors (Lipinski definition) is 2. The summed E-state index contributed by atoms with van der Waals surface area (Å²) in [5, 5.41) is 7.05. The highest BCUT2D eigenvalue weighted by molar-refractivity contribution is 5.94. The van der Waals surface area contributed by atoms with Crippen molar-refractivity contribution in [2.75, 3.05) is 5.32 Å². The highest BCUT2D eigenvalue weighted by Crippen LogP contribution is 2.39. The number of carbonyl (C=O) groups is 1. The molecule has 1 aromatic carbocycles. The van der Waals surface area contributed by atoms with E-state index in [1.54, 1.807) is 4.68 Å². The van der Waals surface area contributed by atoms with Crippen molar-refractivity contribution in [1.82, 2.24) is 9.78 Å². The van der Waals surface area contributed by atoms with Gasteiger partial charge < -0.3 is 5.32 Å². The van der Waals surface area contributed by atoms with Crippen molar-refractivity contribution in [2.45, 2.75) is 32.7 Å². The lowest BCUT2D eigenvalue weighted by atomic mass is 9.85. The monoisotopic (exact) mass is 291 g/mol. The fraction of sp³-hybridized carbons (Fsp3) is 0.333. The van der Waals surface area contributed by atoms with Gasteiger partial charge in [-0.15, -0.1) is 0 Å². The van der Waals surface area contributed by atoms with Crippen LogP contribution in [-0.2, 0) is 11.3 Å². The van der Waals surface area contributed by atoms with E-state index in [2.05, 4.69) is 10.4 Å². The Labute approximate surface area is 120 Å². The number of halogens is 2. The van der Waals surface area contributed by atoms with Crippen LogP contribution in [0.5, 0.6) is 0 Å². The molecule has 1 aliphatic rings. The molecule has 1 N–H and O–H groups in total. The van der Waals surface area contributed by atoms with E-state index in [0.29, 0.717) is 17.9 Å². The van der Waals surface area contributed by atoms with E-state index < -0.39 is 17.6 Å². The van der Waals surface area contributed by atoms with Gasteiger partial charge in [0.25, 0.3) is 0 Å². The number of nitrogens with zero attached hydrogens (tertiary/aromatic N) is 2. The smallest absolute Gasteiger partial charge is 0.226 e. The molecule has 0 saturated carbocycles. The lowest BCUT2D eigenvalue weighted by molar-refractivity contribution is -0.116. The molecule has 0 spiro atoms. The maximum atomic E-state index is 14.1. The van der Waals surface area contributed by atoms with Gasteiger partial charge in [-0.1, -0.05) is 6.07 Å². The van der Waals surface area contributed by atoms with Crippen LogP contribution >= 0.6 is 0 Å². The van der Waals surface area contributed by atoms with E-state index in [4.69, 9.17) is 0 Å². The summed E-state index contributed by atoms with van der Waals surface area (Å²) in [6.07, 6.45) is 0.131. The number of hydrogen-bond donors (Lipinski definition) is 1. The Bertz CT molecular complexity index is 724. The SMILES string of the molecule is CCn1nc2c(c1C)C(c1ccc(F)cc1F)CC(=O)N2. The van der Waals surface area contributed by atoms with Crippen LogP contribution in [0.4, 0.5) is 14.6 Å². The summed E-state index contributed by atoms with van der Waals surface area (Å²) in [7, 11) is 0. The minimum absolute atomic E-state index is 0.131. The van der Waals surface area contributed by atoms with Gasteiger partial charge in [0.1, 0.15) is 11.6 Å². The molecule has 21 heavy (non-hydrogen) atoms. The second kappa shape index (κ2) is 4.95. The molecule has 1 unspecified atom stereocenters. The molecule has 0 aliphatic carbocycles. The van der Waals surface area contributed by atoms with Crippen molar-refractivity contribution < 1.29 is 13.6 Å². The summed E-state index contributed by atoms with van der Waals surface area (Å²) in [6, 6.07) is 3.46. The summed E-state index contributed by atoms with van der Waals surface area (Å²) in [5.41, 5.74) is 2.02. The molecule has 1 amide bonds. The van der Waals surface area contributed by atoms with Crippen molar-refractivity contribution in [1.29, 1.82) is 0 Å². The third kappa shape index (κ3) is 2.20. The Balaban J connectivity index is 2.16. The maximum absolute atomic E-state index is 14.1. The van der Waals surface area contributed by atoms with Crippen LogP contribution in [-0.4, -0.2) is 15.7 Å². The van der Waals surface area contributed by atoms with E-state index in [-0.39, 0.29) is 12.3 Å². The quantitative estimate of drug-likeness (QED) is 0.924. The summed E-state index contributed by atoms with van der Waals surface area (Å²) in [6.45, 7) is 4.50. The largest absolute Gasteiger partial charge is 0.309 e. The second-order valence-electron chi connectivity index (χ2n) is 5.13. The van der Waals surface area contributed by atoms with Crippen molar-refractivity contribution >= 4 is 11.7 Å². The molecule has 2 aromatic rings. The molecule has 3 rings (SSSR count). The zero-order chi connectivity index (χ0) is 15.1. The number of rotatable bonds is 2. The van der Waals surface area contributed by atoms with Gasteiger partial charge in [-0.2, -0.15) is 5.10 Å². The van der Waals surface area contributed by atoms with Gasteiger partial charge in [0.2, 0.25) is 5.91 Å². The van der Waals surface area contributed by atoms with E-state index in [1.165, 1.54) is 12.1 Å². The zero-order valence-electron chi connectivity index (χ0n) is 11.8. The van der Waals surface area contributed by atoms with Crippen LogP contribution in [0.15, 0.2) is 18.2 Å². The summed E-state index contributed by atoms with van der Waals surface area (Å²) in [4.78, 5) is 11.8. The third-order valence-corrected chi connectivity index (χ3v) is 3.89. The topological polar surface area (TPSA) is 46.9 Å². The van der Waals surface area contributed by atoms with Crippen molar-refractivity contribution in [3.05, 3.63) is 46.7 Å². The standard InChI is InChI=1S/C15H15F2N3O/c1-3-20-8(2)14-11(7-13(21)18-15(14)19-20)10-5-4-9(16)6-12(10)17/h4-6,11H,3,7H2,1-2H3,(H,18,19,21). The number of fused-ring (bicyclic) bond motifs is 1. The van der Waals surface area contributed by atoms with Crippen LogP contribution in [0.1, 0.15) is 36.1 Å². The first-order chi connectivity index (χ1) is 10.0. The van der Waals surface area contributed by atoms with Gasteiger partial charge in [0.05, 0.1) is 0 Å². The normalized spacial score (nSPS) is 17.5. The Kier molecular flexibility index (Phi) is 3.23. The summed E-state index contributed by atoms with van der Waals surface area (Å²) < 4.78 is 28.9. The van der Waals surface area contributed by atoms with Gasteiger partial charge in [0, 0.05) is 36.2 Å². The average Bonchev–Trinajstić information content (AvgIpc) is 2.74. The van der Waals surface area contributed by atoms with E-state index in [9.17, 15) is 13.6 Å². The van der Waals surface area contributed by atoms with Gasteiger partial charge in [0.15, 0.2) is 5.82 Å². The predicted molar refractivity (Wildman–Crippen MR) is 74.1 cm³/mol. The number of nitrogens with one attached hydrogen (secondary N) is 1. The van der Waals surface area contributed by atoms with Crippen LogP contribution < -0.4 is 5.32 Å². The number of carbonyl (C=O) groups excluding carboxylic acids is 1. The summed E-state index contributed by atoms with van der Waals surface area (Å²) in [5.74, 6) is -1.44.